The van der Waals surface area contributed by atoms with Gasteiger partial charge in [-0.2, -0.15) is 26.3 Å². The van der Waals surface area contributed by atoms with Gasteiger partial charge < -0.3 is 9.88 Å². The average molecular weight is 446 g/mol. The normalized spacial score (nSPS) is 18.8. The molecular formula is C21H20F6N2S. The van der Waals surface area contributed by atoms with Gasteiger partial charge in [0.1, 0.15) is 0 Å². The van der Waals surface area contributed by atoms with Crippen molar-refractivity contribution in [1.82, 2.24) is 9.88 Å². The van der Waals surface area contributed by atoms with Gasteiger partial charge in [0, 0.05) is 27.2 Å². The zero-order chi connectivity index (χ0) is 21.7. The van der Waals surface area contributed by atoms with Crippen LogP contribution in [0.2, 0.25) is 0 Å². The number of nitrogens with zero attached hydrogens (tertiary/aromatic N) is 1. The summed E-state index contributed by atoms with van der Waals surface area (Å²) in [7, 11) is 0. The largest absolute Gasteiger partial charge is 0.417 e. The van der Waals surface area contributed by atoms with E-state index in [2.05, 4.69) is 5.32 Å². The van der Waals surface area contributed by atoms with Crippen LogP contribution in [0.25, 0.3) is 21.8 Å². The molecule has 1 aliphatic rings. The minimum absolute atomic E-state index is 0.00294. The van der Waals surface area contributed by atoms with Crippen LogP contribution in [0.5, 0.6) is 0 Å². The quantitative estimate of drug-likeness (QED) is 0.342. The lowest BCUT2D eigenvalue weighted by molar-refractivity contribution is -0.139. The van der Waals surface area contributed by atoms with Crippen molar-refractivity contribution in [3.8, 4) is 0 Å². The number of fused-ring (bicyclic) bond motifs is 3. The first-order valence-electron chi connectivity index (χ1n) is 9.62. The summed E-state index contributed by atoms with van der Waals surface area (Å²) >= 11 is 0.988. The molecule has 2 aromatic carbocycles. The average Bonchev–Trinajstić information content (AvgIpc) is 2.82. The number of rotatable bonds is 2. The molecule has 2 nitrogen and oxygen atoms in total. The highest BCUT2D eigenvalue weighted by molar-refractivity contribution is 7.98. The Morgan fingerprint density at radius 3 is 2.30 bits per heavy atom. The minimum Gasteiger partial charge on any atom is -0.337 e. The first kappa shape index (κ1) is 21.4. The molecule has 0 amide bonds. The van der Waals surface area contributed by atoms with Gasteiger partial charge in [-0.3, -0.25) is 0 Å². The van der Waals surface area contributed by atoms with Crippen molar-refractivity contribution in [2.45, 2.75) is 42.6 Å². The fourth-order valence-electron chi connectivity index (χ4n) is 4.29. The second-order valence-electron chi connectivity index (χ2n) is 7.50. The molecule has 0 radical (unpaired) electrons. The van der Waals surface area contributed by atoms with Crippen molar-refractivity contribution in [1.29, 1.82) is 0 Å². The van der Waals surface area contributed by atoms with E-state index >= 15 is 0 Å². The van der Waals surface area contributed by atoms with Crippen LogP contribution < -0.4 is 5.32 Å². The third-order valence-corrected chi connectivity index (χ3v) is 6.44. The van der Waals surface area contributed by atoms with Crippen LogP contribution in [-0.4, -0.2) is 23.9 Å². The van der Waals surface area contributed by atoms with Crippen LogP contribution in [0, 0.1) is 0 Å². The van der Waals surface area contributed by atoms with Crippen molar-refractivity contribution in [2.24, 2.45) is 0 Å². The molecule has 1 atom stereocenters. The molecule has 0 saturated carbocycles. The summed E-state index contributed by atoms with van der Waals surface area (Å²) in [4.78, 5) is 0.0712. The van der Waals surface area contributed by atoms with Crippen LogP contribution in [0.4, 0.5) is 26.3 Å². The van der Waals surface area contributed by atoms with Crippen molar-refractivity contribution in [3.05, 3.63) is 41.5 Å². The number of hydrogen-bond donors (Lipinski definition) is 1. The van der Waals surface area contributed by atoms with Gasteiger partial charge in [-0.05, 0) is 68.9 Å². The lowest BCUT2D eigenvalue weighted by atomic mass is 10.1. The Bertz CT molecular complexity index is 1080. The molecule has 9 heteroatoms. The van der Waals surface area contributed by atoms with Crippen LogP contribution in [0.3, 0.4) is 0 Å². The molecule has 1 saturated heterocycles. The summed E-state index contributed by atoms with van der Waals surface area (Å²) in [6.07, 6.45) is -5.13. The molecule has 4 rings (SSSR count). The monoisotopic (exact) mass is 446 g/mol. The van der Waals surface area contributed by atoms with E-state index in [1.54, 1.807) is 6.26 Å². The second kappa shape index (κ2) is 7.67. The maximum Gasteiger partial charge on any atom is 0.417 e. The predicted octanol–water partition coefficient (Wildman–Crippen LogP) is 6.87. The second-order valence-corrected chi connectivity index (χ2v) is 8.35. The summed E-state index contributed by atoms with van der Waals surface area (Å²) in [6, 6.07) is 5.86. The molecule has 162 valence electrons. The number of thioether (sulfide) groups is 1. The molecule has 1 N–H and O–H groups in total. The highest BCUT2D eigenvalue weighted by Crippen LogP contribution is 2.44. The fraction of sp³-hybridized carbons (Fsp3) is 0.429. The number of alkyl halides is 6. The van der Waals surface area contributed by atoms with E-state index in [1.807, 2.05) is 4.57 Å². The van der Waals surface area contributed by atoms with Gasteiger partial charge in [0.2, 0.25) is 0 Å². The van der Waals surface area contributed by atoms with Crippen LogP contribution in [0.1, 0.15) is 36.4 Å². The number of halogens is 6. The molecule has 0 aliphatic carbocycles. The summed E-state index contributed by atoms with van der Waals surface area (Å²) in [6.45, 7) is 1.60. The number of aromatic nitrogens is 1. The third-order valence-electron chi connectivity index (χ3n) is 5.67. The van der Waals surface area contributed by atoms with Gasteiger partial charge in [0.15, 0.2) is 0 Å². The van der Waals surface area contributed by atoms with Gasteiger partial charge in [-0.25, -0.2) is 0 Å². The van der Waals surface area contributed by atoms with Gasteiger partial charge in [0.05, 0.1) is 16.6 Å². The SMILES string of the molecule is CSc1cc2c(cc1C(F)(F)F)c1cc(C(F)(F)F)ccc1n2[C@@H]1CCCNCC1. The lowest BCUT2D eigenvalue weighted by Crippen LogP contribution is -2.15. The van der Waals surface area contributed by atoms with Crippen LogP contribution >= 0.6 is 11.8 Å². The van der Waals surface area contributed by atoms with Gasteiger partial charge >= 0.3 is 12.4 Å². The van der Waals surface area contributed by atoms with E-state index in [9.17, 15) is 26.3 Å². The van der Waals surface area contributed by atoms with E-state index in [0.29, 0.717) is 11.0 Å². The van der Waals surface area contributed by atoms with E-state index in [4.69, 9.17) is 0 Å². The zero-order valence-electron chi connectivity index (χ0n) is 16.1. The Kier molecular flexibility index (Phi) is 5.47. The van der Waals surface area contributed by atoms with Gasteiger partial charge in [0.25, 0.3) is 0 Å². The molecule has 3 aromatic rings. The Morgan fingerprint density at radius 2 is 1.63 bits per heavy atom. The van der Waals surface area contributed by atoms with Crippen LogP contribution in [0.15, 0.2) is 35.2 Å². The van der Waals surface area contributed by atoms with Crippen molar-refractivity contribution < 1.29 is 26.3 Å². The maximum absolute atomic E-state index is 13.6. The first-order chi connectivity index (χ1) is 14.1. The van der Waals surface area contributed by atoms with Crippen molar-refractivity contribution in [2.75, 3.05) is 19.3 Å². The predicted molar refractivity (Wildman–Crippen MR) is 107 cm³/mol. The van der Waals surface area contributed by atoms with E-state index in [0.717, 1.165) is 62.3 Å². The maximum atomic E-state index is 13.6. The highest BCUT2D eigenvalue weighted by atomic mass is 32.2. The highest BCUT2D eigenvalue weighted by Gasteiger charge is 2.35. The Balaban J connectivity index is 2.07. The number of hydrogen-bond acceptors (Lipinski definition) is 2. The van der Waals surface area contributed by atoms with Gasteiger partial charge in [-0.15, -0.1) is 11.8 Å². The summed E-state index contributed by atoms with van der Waals surface area (Å²) in [5.74, 6) is 0. The smallest absolute Gasteiger partial charge is 0.337 e. The molecule has 0 bridgehead atoms. The molecule has 30 heavy (non-hydrogen) atoms. The molecule has 1 aliphatic heterocycles. The summed E-state index contributed by atoms with van der Waals surface area (Å²) < 4.78 is 82.8. The molecule has 1 fully saturated rings. The summed E-state index contributed by atoms with van der Waals surface area (Å²) in [5.41, 5.74) is -0.592. The number of nitrogens with one attached hydrogen (secondary N) is 1. The fourth-order valence-corrected chi connectivity index (χ4v) is 4.92. The summed E-state index contributed by atoms with van der Waals surface area (Å²) in [5, 5.41) is 3.71. The van der Waals surface area contributed by atoms with Crippen molar-refractivity contribution in [3.63, 3.8) is 0 Å². The van der Waals surface area contributed by atoms with Crippen LogP contribution in [-0.2, 0) is 12.4 Å². The van der Waals surface area contributed by atoms with Gasteiger partial charge in [-0.1, -0.05) is 0 Å². The third kappa shape index (κ3) is 3.77. The Labute approximate surface area is 173 Å². The number of benzene rings is 2. The molecule has 0 spiro atoms. The van der Waals surface area contributed by atoms with E-state index in [1.165, 1.54) is 12.1 Å². The standard InChI is InChI=1S/C21H20F6N2S/c1-30-19-11-18-15(10-16(19)21(25,26)27)14-9-12(20(22,23)24)4-5-17(14)29(18)13-3-2-7-28-8-6-13/h4-5,9-11,13,28H,2-3,6-8H2,1H3/t13-/m1/s1. The van der Waals surface area contributed by atoms with E-state index in [-0.39, 0.29) is 21.7 Å². The van der Waals surface area contributed by atoms with E-state index < -0.39 is 23.5 Å². The Morgan fingerprint density at radius 1 is 0.900 bits per heavy atom. The molecular weight excluding hydrogens is 426 g/mol. The van der Waals surface area contributed by atoms with Crippen molar-refractivity contribution >= 4 is 33.6 Å². The molecule has 0 unspecified atom stereocenters. The lowest BCUT2D eigenvalue weighted by Gasteiger charge is -2.20. The Hall–Kier alpha value is -1.87. The minimum atomic E-state index is -4.59. The zero-order valence-corrected chi connectivity index (χ0v) is 16.9. The first-order valence-corrected chi connectivity index (χ1v) is 10.8. The molecule has 1 aromatic heterocycles. The topological polar surface area (TPSA) is 17.0 Å². The molecule has 2 heterocycles.